The van der Waals surface area contributed by atoms with Crippen LogP contribution in [0.25, 0.3) is 0 Å². The summed E-state index contributed by atoms with van der Waals surface area (Å²) in [6, 6.07) is 0. The molecule has 0 bridgehead atoms. The number of amides is 1. The van der Waals surface area contributed by atoms with Crippen molar-refractivity contribution in [2.45, 2.75) is 31.9 Å². The zero-order valence-corrected chi connectivity index (χ0v) is 8.74. The van der Waals surface area contributed by atoms with Gasteiger partial charge in [0.1, 0.15) is 0 Å². The lowest BCUT2D eigenvalue weighted by Crippen LogP contribution is -2.15. The van der Waals surface area contributed by atoms with Gasteiger partial charge >= 0.3 is 6.09 Å². The standard InChI is InChI=1S/C8H17NO2S/c1-8(2,3)12-6-4-5-11-7(9)10/h4-6H2,1-3H3,(H2,9,10). The van der Waals surface area contributed by atoms with E-state index in [-0.39, 0.29) is 4.75 Å². The van der Waals surface area contributed by atoms with Gasteiger partial charge in [-0.2, -0.15) is 11.8 Å². The highest BCUT2D eigenvalue weighted by molar-refractivity contribution is 8.00. The minimum atomic E-state index is -0.684. The molecule has 0 saturated carbocycles. The normalized spacial score (nSPS) is 11.2. The molecule has 4 heteroatoms. The Kier molecular flexibility index (Phi) is 5.13. The molecule has 0 aliphatic heterocycles. The number of hydrogen-bond donors (Lipinski definition) is 1. The first-order valence-electron chi connectivity index (χ1n) is 3.98. The number of rotatable bonds is 4. The van der Waals surface area contributed by atoms with Crippen LogP contribution < -0.4 is 5.73 Å². The van der Waals surface area contributed by atoms with Gasteiger partial charge in [0.05, 0.1) is 6.61 Å². The smallest absolute Gasteiger partial charge is 0.404 e. The third-order valence-corrected chi connectivity index (χ3v) is 2.43. The molecule has 12 heavy (non-hydrogen) atoms. The lowest BCUT2D eigenvalue weighted by molar-refractivity contribution is 0.157. The molecule has 0 aliphatic rings. The number of primary amides is 1. The third kappa shape index (κ3) is 9.62. The van der Waals surface area contributed by atoms with E-state index in [4.69, 9.17) is 5.73 Å². The van der Waals surface area contributed by atoms with Gasteiger partial charge < -0.3 is 10.5 Å². The van der Waals surface area contributed by atoms with Gasteiger partial charge in [-0.1, -0.05) is 20.8 Å². The fourth-order valence-electron chi connectivity index (χ4n) is 0.610. The van der Waals surface area contributed by atoms with E-state index in [0.717, 1.165) is 12.2 Å². The van der Waals surface area contributed by atoms with Crippen LogP contribution in [0.15, 0.2) is 0 Å². The van der Waals surface area contributed by atoms with Gasteiger partial charge in [-0.05, 0) is 12.2 Å². The van der Waals surface area contributed by atoms with Crippen molar-refractivity contribution in [3.8, 4) is 0 Å². The zero-order valence-electron chi connectivity index (χ0n) is 7.92. The van der Waals surface area contributed by atoms with Crippen LogP contribution in [0.4, 0.5) is 4.79 Å². The molecule has 0 saturated heterocycles. The summed E-state index contributed by atoms with van der Waals surface area (Å²) in [5, 5.41) is 0. The number of ether oxygens (including phenoxy) is 1. The molecular formula is C8H17NO2S. The number of hydrogen-bond acceptors (Lipinski definition) is 3. The van der Waals surface area contributed by atoms with Crippen molar-refractivity contribution in [3.05, 3.63) is 0 Å². The van der Waals surface area contributed by atoms with E-state index in [1.165, 1.54) is 0 Å². The maximum absolute atomic E-state index is 10.2. The highest BCUT2D eigenvalue weighted by Crippen LogP contribution is 2.23. The van der Waals surface area contributed by atoms with Gasteiger partial charge in [0.2, 0.25) is 0 Å². The molecule has 0 fully saturated rings. The van der Waals surface area contributed by atoms with Gasteiger partial charge in [0.15, 0.2) is 0 Å². The molecule has 0 radical (unpaired) electrons. The van der Waals surface area contributed by atoms with Crippen molar-refractivity contribution in [1.29, 1.82) is 0 Å². The van der Waals surface area contributed by atoms with Crippen LogP contribution in [0.5, 0.6) is 0 Å². The van der Waals surface area contributed by atoms with E-state index >= 15 is 0 Å². The van der Waals surface area contributed by atoms with Gasteiger partial charge in [-0.3, -0.25) is 0 Å². The second-order valence-corrected chi connectivity index (χ2v) is 5.40. The second kappa shape index (κ2) is 5.30. The van der Waals surface area contributed by atoms with Gasteiger partial charge in [-0.15, -0.1) is 0 Å². The summed E-state index contributed by atoms with van der Waals surface area (Å²) in [4.78, 5) is 10.2. The summed E-state index contributed by atoms with van der Waals surface area (Å²) in [5.74, 6) is 0.997. The van der Waals surface area contributed by atoms with Crippen LogP contribution in [0.2, 0.25) is 0 Å². The van der Waals surface area contributed by atoms with Crippen LogP contribution in [-0.4, -0.2) is 23.2 Å². The second-order valence-electron chi connectivity index (χ2n) is 3.48. The van der Waals surface area contributed by atoms with E-state index in [9.17, 15) is 4.79 Å². The fourth-order valence-corrected chi connectivity index (χ4v) is 1.48. The SMILES string of the molecule is CC(C)(C)SCCCOC(N)=O. The average molecular weight is 191 g/mol. The summed E-state index contributed by atoms with van der Waals surface area (Å²) in [7, 11) is 0. The Labute approximate surface area is 78.0 Å². The molecule has 0 aromatic heterocycles. The third-order valence-electron chi connectivity index (χ3n) is 1.07. The molecular weight excluding hydrogens is 174 g/mol. The van der Waals surface area contributed by atoms with Crippen molar-refractivity contribution < 1.29 is 9.53 Å². The van der Waals surface area contributed by atoms with E-state index in [0.29, 0.717) is 6.61 Å². The Morgan fingerprint density at radius 1 is 1.50 bits per heavy atom. The lowest BCUT2D eigenvalue weighted by Gasteiger charge is -2.16. The van der Waals surface area contributed by atoms with Gasteiger partial charge in [0.25, 0.3) is 0 Å². The Bertz CT molecular complexity index is 142. The summed E-state index contributed by atoms with van der Waals surface area (Å²) in [6.07, 6.45) is 0.181. The molecule has 72 valence electrons. The van der Waals surface area contributed by atoms with E-state index in [1.807, 2.05) is 11.8 Å². The van der Waals surface area contributed by atoms with E-state index in [1.54, 1.807) is 0 Å². The van der Waals surface area contributed by atoms with Crippen LogP contribution in [0.3, 0.4) is 0 Å². The molecule has 1 amide bonds. The number of thioether (sulfide) groups is 1. The Morgan fingerprint density at radius 2 is 2.08 bits per heavy atom. The van der Waals surface area contributed by atoms with Crippen molar-refractivity contribution in [2.24, 2.45) is 5.73 Å². The molecule has 0 heterocycles. The summed E-state index contributed by atoms with van der Waals surface area (Å²) in [6.45, 7) is 6.91. The van der Waals surface area contributed by atoms with Gasteiger partial charge in [-0.25, -0.2) is 4.79 Å². The molecule has 2 N–H and O–H groups in total. The van der Waals surface area contributed by atoms with Crippen molar-refractivity contribution in [2.75, 3.05) is 12.4 Å². The molecule has 0 unspecified atom stereocenters. The molecule has 0 aromatic carbocycles. The summed E-state index contributed by atoms with van der Waals surface area (Å²) in [5.41, 5.74) is 4.79. The molecule has 0 aliphatic carbocycles. The van der Waals surface area contributed by atoms with Gasteiger partial charge in [0, 0.05) is 4.75 Å². The topological polar surface area (TPSA) is 52.3 Å². The lowest BCUT2D eigenvalue weighted by atomic mass is 10.3. The first-order valence-corrected chi connectivity index (χ1v) is 4.96. The van der Waals surface area contributed by atoms with Crippen LogP contribution in [0, 0.1) is 0 Å². The monoisotopic (exact) mass is 191 g/mol. The number of nitrogens with two attached hydrogens (primary N) is 1. The largest absolute Gasteiger partial charge is 0.450 e. The average Bonchev–Trinajstić information content (AvgIpc) is 1.83. The van der Waals surface area contributed by atoms with Crippen LogP contribution >= 0.6 is 11.8 Å². The fraction of sp³-hybridized carbons (Fsp3) is 0.875. The van der Waals surface area contributed by atoms with Crippen LogP contribution in [-0.2, 0) is 4.74 Å². The minimum Gasteiger partial charge on any atom is -0.450 e. The van der Waals surface area contributed by atoms with Crippen LogP contribution in [0.1, 0.15) is 27.2 Å². The predicted molar refractivity (Wildman–Crippen MR) is 52.4 cm³/mol. The Hall–Kier alpha value is -0.380. The molecule has 0 aromatic rings. The van der Waals surface area contributed by atoms with E-state index in [2.05, 4.69) is 25.5 Å². The first kappa shape index (κ1) is 11.6. The Balaban J connectivity index is 3.17. The maximum Gasteiger partial charge on any atom is 0.404 e. The van der Waals surface area contributed by atoms with Crippen molar-refractivity contribution >= 4 is 17.9 Å². The number of carbonyl (C=O) groups excluding carboxylic acids is 1. The highest BCUT2D eigenvalue weighted by atomic mass is 32.2. The predicted octanol–water partition coefficient (Wildman–Crippen LogP) is 2.00. The molecule has 3 nitrogen and oxygen atoms in total. The van der Waals surface area contributed by atoms with Crippen molar-refractivity contribution in [3.63, 3.8) is 0 Å². The molecule has 0 atom stereocenters. The summed E-state index contributed by atoms with van der Waals surface area (Å²) >= 11 is 1.85. The zero-order chi connectivity index (χ0) is 9.61. The minimum absolute atomic E-state index is 0.284. The molecule has 0 rings (SSSR count). The first-order chi connectivity index (χ1) is 5.42. The Morgan fingerprint density at radius 3 is 2.50 bits per heavy atom. The maximum atomic E-state index is 10.2. The van der Waals surface area contributed by atoms with E-state index < -0.39 is 6.09 Å². The van der Waals surface area contributed by atoms with Crippen molar-refractivity contribution in [1.82, 2.24) is 0 Å². The number of carbonyl (C=O) groups is 1. The highest BCUT2D eigenvalue weighted by Gasteiger charge is 2.09. The quantitative estimate of drug-likeness (QED) is 0.691. The molecule has 0 spiro atoms. The summed E-state index contributed by atoms with van der Waals surface area (Å²) < 4.78 is 4.87.